The lowest BCUT2D eigenvalue weighted by molar-refractivity contribution is -0.124. The van der Waals surface area contributed by atoms with E-state index in [1.807, 2.05) is 32.0 Å². The number of rotatable bonds is 7. The molecule has 0 radical (unpaired) electrons. The summed E-state index contributed by atoms with van der Waals surface area (Å²) in [5, 5.41) is 2.80. The van der Waals surface area contributed by atoms with Crippen LogP contribution >= 0.6 is 0 Å². The van der Waals surface area contributed by atoms with Gasteiger partial charge in [0.15, 0.2) is 6.61 Å². The van der Waals surface area contributed by atoms with Crippen molar-refractivity contribution in [2.75, 3.05) is 13.2 Å². The Morgan fingerprint density at radius 1 is 1.19 bits per heavy atom. The van der Waals surface area contributed by atoms with Gasteiger partial charge in [-0.15, -0.1) is 0 Å². The van der Waals surface area contributed by atoms with E-state index in [0.717, 1.165) is 30.7 Å². The highest BCUT2D eigenvalue weighted by atomic mass is 16.5. The van der Waals surface area contributed by atoms with E-state index in [9.17, 15) is 9.59 Å². The third-order valence-corrected chi connectivity index (χ3v) is 4.93. The molecule has 0 aliphatic heterocycles. The maximum absolute atomic E-state index is 12.3. The summed E-state index contributed by atoms with van der Waals surface area (Å²) in [6, 6.07) is 10.5. The van der Waals surface area contributed by atoms with E-state index in [1.54, 1.807) is 0 Å². The quantitative estimate of drug-likeness (QED) is 0.777. The topological polar surface area (TPSA) is 60.3 Å². The molecule has 5 nitrogen and oxygen atoms in total. The predicted molar refractivity (Wildman–Crippen MR) is 100 cm³/mol. The minimum Gasteiger partial charge on any atom is -0.452 e. The molecule has 1 heterocycles. The monoisotopic (exact) mass is 354 g/mol. The van der Waals surface area contributed by atoms with E-state index >= 15 is 0 Å². The first-order valence-corrected chi connectivity index (χ1v) is 9.14. The number of nitrogens with one attached hydrogen (secondary N) is 1. The fraction of sp³-hybridized carbons (Fsp3) is 0.429. The number of benzene rings is 1. The highest BCUT2D eigenvalue weighted by Gasteiger charge is 2.28. The predicted octanol–water partition coefficient (Wildman–Crippen LogP) is 3.26. The summed E-state index contributed by atoms with van der Waals surface area (Å²) < 4.78 is 7.39. The lowest BCUT2D eigenvalue weighted by Gasteiger charge is -2.09. The molecule has 1 aromatic heterocycles. The van der Waals surface area contributed by atoms with Crippen LogP contribution in [0.15, 0.2) is 30.3 Å². The van der Waals surface area contributed by atoms with E-state index in [4.69, 9.17) is 4.74 Å². The van der Waals surface area contributed by atoms with Crippen molar-refractivity contribution >= 4 is 11.9 Å². The second kappa shape index (κ2) is 7.77. The number of hydrogen-bond donors (Lipinski definition) is 1. The second-order valence-corrected chi connectivity index (χ2v) is 6.99. The van der Waals surface area contributed by atoms with E-state index in [2.05, 4.69) is 28.9 Å². The Morgan fingerprint density at radius 2 is 1.92 bits per heavy atom. The molecule has 1 amide bonds. The van der Waals surface area contributed by atoms with Gasteiger partial charge >= 0.3 is 5.97 Å². The Bertz CT molecular complexity index is 819. The van der Waals surface area contributed by atoms with Gasteiger partial charge in [0.1, 0.15) is 0 Å². The molecule has 0 spiro atoms. The molecule has 26 heavy (non-hydrogen) atoms. The summed E-state index contributed by atoms with van der Waals surface area (Å²) in [4.78, 5) is 24.2. The largest absolute Gasteiger partial charge is 0.452 e. The Kier molecular flexibility index (Phi) is 5.45. The van der Waals surface area contributed by atoms with Gasteiger partial charge in [-0.25, -0.2) is 4.79 Å². The van der Waals surface area contributed by atoms with Crippen LogP contribution in [0.1, 0.15) is 51.8 Å². The zero-order chi connectivity index (χ0) is 18.7. The van der Waals surface area contributed by atoms with Crippen molar-refractivity contribution in [3.63, 3.8) is 0 Å². The lowest BCUT2D eigenvalue weighted by Crippen LogP contribution is -2.30. The number of carbonyl (C=O) groups is 2. The van der Waals surface area contributed by atoms with Gasteiger partial charge in [-0.3, -0.25) is 4.79 Å². The van der Waals surface area contributed by atoms with E-state index in [0.29, 0.717) is 18.2 Å². The summed E-state index contributed by atoms with van der Waals surface area (Å²) in [5.74, 6) is -0.706. The number of hydrogen-bond acceptors (Lipinski definition) is 3. The molecule has 1 N–H and O–H groups in total. The van der Waals surface area contributed by atoms with Crippen molar-refractivity contribution in [2.45, 2.75) is 46.1 Å². The lowest BCUT2D eigenvalue weighted by atomic mass is 10.1. The normalized spacial score (nSPS) is 13.5. The van der Waals surface area contributed by atoms with Crippen molar-refractivity contribution in [3.8, 4) is 0 Å². The molecule has 0 unspecified atom stereocenters. The highest BCUT2D eigenvalue weighted by Crippen LogP contribution is 2.38. The highest BCUT2D eigenvalue weighted by molar-refractivity contribution is 5.92. The van der Waals surface area contributed by atoms with Gasteiger partial charge in [0, 0.05) is 24.0 Å². The molecule has 0 atom stereocenters. The molecule has 5 heteroatoms. The number of aromatic nitrogens is 1. The average Bonchev–Trinajstić information content (AvgIpc) is 3.39. The van der Waals surface area contributed by atoms with Gasteiger partial charge in [0.2, 0.25) is 0 Å². The molecule has 1 aliphatic carbocycles. The molecule has 138 valence electrons. The Labute approximate surface area is 154 Å². The van der Waals surface area contributed by atoms with Crippen LogP contribution in [0.3, 0.4) is 0 Å². The van der Waals surface area contributed by atoms with Crippen LogP contribution in [0.25, 0.3) is 0 Å². The first-order valence-electron chi connectivity index (χ1n) is 9.14. The number of ether oxygens (including phenoxy) is 1. The van der Waals surface area contributed by atoms with E-state index in [-0.39, 0.29) is 12.5 Å². The molecule has 1 aromatic carbocycles. The smallest absolute Gasteiger partial charge is 0.340 e. The third-order valence-electron chi connectivity index (χ3n) is 4.93. The maximum Gasteiger partial charge on any atom is 0.340 e. The van der Waals surface area contributed by atoms with Gasteiger partial charge in [-0.1, -0.05) is 24.3 Å². The molecule has 2 aromatic rings. The molecular weight excluding hydrogens is 328 g/mol. The molecule has 3 rings (SSSR count). The Hall–Kier alpha value is -2.56. The fourth-order valence-corrected chi connectivity index (χ4v) is 3.37. The summed E-state index contributed by atoms with van der Waals surface area (Å²) in [7, 11) is 0. The summed E-state index contributed by atoms with van der Waals surface area (Å²) in [5.41, 5.74) is 4.97. The van der Waals surface area contributed by atoms with Crippen LogP contribution in [0.2, 0.25) is 0 Å². The standard InChI is InChI=1S/C21H26N2O3/c1-14-6-4-5-7-17(14)10-11-22-20(24)13-26-21(25)19-12-15(2)23(16(19)3)18-8-9-18/h4-7,12,18H,8-11,13H2,1-3H3,(H,22,24). The van der Waals surface area contributed by atoms with Crippen molar-refractivity contribution < 1.29 is 14.3 Å². The fourth-order valence-electron chi connectivity index (χ4n) is 3.37. The van der Waals surface area contributed by atoms with Crippen LogP contribution < -0.4 is 5.32 Å². The van der Waals surface area contributed by atoms with Crippen molar-refractivity contribution in [2.24, 2.45) is 0 Å². The average molecular weight is 354 g/mol. The van der Waals surface area contributed by atoms with Crippen molar-refractivity contribution in [1.82, 2.24) is 9.88 Å². The zero-order valence-corrected chi connectivity index (χ0v) is 15.7. The van der Waals surface area contributed by atoms with Crippen LogP contribution in [-0.4, -0.2) is 29.6 Å². The number of nitrogens with zero attached hydrogens (tertiary/aromatic N) is 1. The van der Waals surface area contributed by atoms with Gasteiger partial charge in [-0.05, 0) is 57.2 Å². The summed E-state index contributed by atoms with van der Waals surface area (Å²) in [6.45, 7) is 6.26. The second-order valence-electron chi connectivity index (χ2n) is 6.99. The van der Waals surface area contributed by atoms with Gasteiger partial charge in [-0.2, -0.15) is 0 Å². The molecule has 1 fully saturated rings. The molecule has 0 bridgehead atoms. The SMILES string of the molecule is Cc1ccccc1CCNC(=O)COC(=O)c1cc(C)n(C2CC2)c1C. The Balaban J connectivity index is 1.46. The van der Waals surface area contributed by atoms with Crippen LogP contribution in [0, 0.1) is 20.8 Å². The van der Waals surface area contributed by atoms with Gasteiger partial charge in [0.05, 0.1) is 5.56 Å². The first-order chi connectivity index (χ1) is 12.5. The number of aryl methyl sites for hydroxylation is 2. The molecule has 1 saturated carbocycles. The summed E-state index contributed by atoms with van der Waals surface area (Å²) >= 11 is 0. The van der Waals surface area contributed by atoms with Gasteiger partial charge in [0.25, 0.3) is 5.91 Å². The molecule has 1 aliphatic rings. The van der Waals surface area contributed by atoms with Crippen molar-refractivity contribution in [3.05, 3.63) is 58.4 Å². The number of esters is 1. The number of amides is 1. The van der Waals surface area contributed by atoms with Crippen molar-refractivity contribution in [1.29, 1.82) is 0 Å². The Morgan fingerprint density at radius 3 is 2.62 bits per heavy atom. The molecular formula is C21H26N2O3. The van der Waals surface area contributed by atoms with E-state index < -0.39 is 5.97 Å². The van der Waals surface area contributed by atoms with E-state index in [1.165, 1.54) is 11.1 Å². The van der Waals surface area contributed by atoms with Crippen LogP contribution in [-0.2, 0) is 16.0 Å². The minimum atomic E-state index is -0.431. The van der Waals surface area contributed by atoms with Crippen LogP contribution in [0.5, 0.6) is 0 Å². The first kappa shape index (κ1) is 18.2. The third kappa shape index (κ3) is 4.15. The minimum absolute atomic E-state index is 0.250. The molecule has 0 saturated heterocycles. The zero-order valence-electron chi connectivity index (χ0n) is 15.7. The summed E-state index contributed by atoms with van der Waals surface area (Å²) in [6.07, 6.45) is 3.08. The van der Waals surface area contributed by atoms with Gasteiger partial charge < -0.3 is 14.6 Å². The van der Waals surface area contributed by atoms with Crippen LogP contribution in [0.4, 0.5) is 0 Å². The maximum atomic E-state index is 12.3. The number of carbonyl (C=O) groups excluding carboxylic acids is 2.